The van der Waals surface area contributed by atoms with Crippen LogP contribution in [0.3, 0.4) is 0 Å². The highest BCUT2D eigenvalue weighted by atomic mass is 35.5. The molecular formula is C24H18ClN3O3S. The molecule has 2 aromatic carbocycles. The van der Waals surface area contributed by atoms with Gasteiger partial charge in [-0.2, -0.15) is 0 Å². The Morgan fingerprint density at radius 3 is 2.62 bits per heavy atom. The SMILES string of the molecule is O=C(Nc1nc(-c2ccccc2Cl)cs1)C1Cc2ccccc2CN1C(=O)c1ccco1. The van der Waals surface area contributed by atoms with E-state index in [0.717, 1.165) is 16.7 Å². The maximum Gasteiger partial charge on any atom is 0.290 e. The molecule has 1 atom stereocenters. The zero-order valence-electron chi connectivity index (χ0n) is 16.8. The number of rotatable bonds is 4. The maximum atomic E-state index is 13.3. The molecule has 0 aliphatic carbocycles. The van der Waals surface area contributed by atoms with Crippen molar-refractivity contribution in [3.63, 3.8) is 0 Å². The van der Waals surface area contributed by atoms with Crippen molar-refractivity contribution in [2.45, 2.75) is 19.0 Å². The van der Waals surface area contributed by atoms with E-state index in [0.29, 0.717) is 28.8 Å². The van der Waals surface area contributed by atoms with Gasteiger partial charge in [-0.25, -0.2) is 4.98 Å². The third kappa shape index (κ3) is 3.92. The highest BCUT2D eigenvalue weighted by Gasteiger charge is 2.36. The van der Waals surface area contributed by atoms with Crippen LogP contribution >= 0.6 is 22.9 Å². The summed E-state index contributed by atoms with van der Waals surface area (Å²) in [6, 6.07) is 17.8. The molecule has 1 N–H and O–H groups in total. The predicted molar refractivity (Wildman–Crippen MR) is 124 cm³/mol. The molecule has 1 unspecified atom stereocenters. The van der Waals surface area contributed by atoms with E-state index in [1.807, 2.05) is 47.8 Å². The van der Waals surface area contributed by atoms with E-state index in [2.05, 4.69) is 10.3 Å². The molecule has 0 radical (unpaired) electrons. The molecule has 0 saturated heterocycles. The summed E-state index contributed by atoms with van der Waals surface area (Å²) in [4.78, 5) is 32.4. The van der Waals surface area contributed by atoms with Crippen LogP contribution in [0.2, 0.25) is 5.02 Å². The molecule has 0 bridgehead atoms. The summed E-state index contributed by atoms with van der Waals surface area (Å²) in [6.07, 6.45) is 1.86. The normalized spacial score (nSPS) is 15.3. The minimum absolute atomic E-state index is 0.206. The number of furan rings is 1. The fraction of sp³-hybridized carbons (Fsp3) is 0.125. The molecule has 1 aliphatic heterocycles. The monoisotopic (exact) mass is 463 g/mol. The van der Waals surface area contributed by atoms with Gasteiger partial charge in [-0.15, -0.1) is 11.3 Å². The van der Waals surface area contributed by atoms with Gasteiger partial charge in [0, 0.05) is 28.9 Å². The number of halogens is 1. The number of amides is 2. The standard InChI is InChI=1S/C24H18ClN3O3S/c25-18-9-4-3-8-17(18)19-14-32-24(26-19)27-22(29)20-12-15-6-1-2-7-16(15)13-28(20)23(30)21-10-5-11-31-21/h1-11,14,20H,12-13H2,(H,26,27,29). The van der Waals surface area contributed by atoms with Crippen molar-refractivity contribution in [2.24, 2.45) is 0 Å². The summed E-state index contributed by atoms with van der Waals surface area (Å²) in [5.41, 5.74) is 3.55. The van der Waals surface area contributed by atoms with Gasteiger partial charge in [-0.1, -0.05) is 54.1 Å². The highest BCUT2D eigenvalue weighted by molar-refractivity contribution is 7.14. The van der Waals surface area contributed by atoms with E-state index in [9.17, 15) is 9.59 Å². The lowest BCUT2D eigenvalue weighted by molar-refractivity contribution is -0.121. The molecule has 3 heterocycles. The summed E-state index contributed by atoms with van der Waals surface area (Å²) in [5.74, 6) is -0.405. The van der Waals surface area contributed by atoms with Crippen molar-refractivity contribution in [1.82, 2.24) is 9.88 Å². The molecule has 2 aromatic heterocycles. The van der Waals surface area contributed by atoms with Gasteiger partial charge < -0.3 is 14.6 Å². The van der Waals surface area contributed by atoms with Gasteiger partial charge in [0.1, 0.15) is 6.04 Å². The van der Waals surface area contributed by atoms with E-state index >= 15 is 0 Å². The number of benzene rings is 2. The van der Waals surface area contributed by atoms with Crippen LogP contribution in [0.25, 0.3) is 11.3 Å². The quantitative estimate of drug-likeness (QED) is 0.447. The number of hydrogen-bond acceptors (Lipinski definition) is 5. The van der Waals surface area contributed by atoms with E-state index in [1.54, 1.807) is 23.1 Å². The van der Waals surface area contributed by atoms with Crippen LogP contribution in [0.15, 0.2) is 76.7 Å². The van der Waals surface area contributed by atoms with Crippen molar-refractivity contribution in [2.75, 3.05) is 5.32 Å². The zero-order valence-corrected chi connectivity index (χ0v) is 18.4. The smallest absolute Gasteiger partial charge is 0.290 e. The van der Waals surface area contributed by atoms with Crippen LogP contribution in [-0.4, -0.2) is 27.7 Å². The van der Waals surface area contributed by atoms with E-state index in [1.165, 1.54) is 17.6 Å². The summed E-state index contributed by atoms with van der Waals surface area (Å²) in [6.45, 7) is 0.330. The molecule has 0 spiro atoms. The molecule has 160 valence electrons. The molecule has 32 heavy (non-hydrogen) atoms. The molecule has 0 saturated carbocycles. The topological polar surface area (TPSA) is 75.4 Å². The number of carbonyl (C=O) groups excluding carboxylic acids is 2. The van der Waals surface area contributed by atoms with Crippen LogP contribution in [0, 0.1) is 0 Å². The first-order chi connectivity index (χ1) is 15.6. The lowest BCUT2D eigenvalue weighted by Crippen LogP contribution is -2.50. The first kappa shape index (κ1) is 20.5. The molecule has 0 fully saturated rings. The number of aromatic nitrogens is 1. The van der Waals surface area contributed by atoms with Gasteiger partial charge in [0.05, 0.1) is 12.0 Å². The fourth-order valence-electron chi connectivity index (χ4n) is 3.82. The Balaban J connectivity index is 1.41. The summed E-state index contributed by atoms with van der Waals surface area (Å²) in [7, 11) is 0. The van der Waals surface area contributed by atoms with Crippen LogP contribution in [0.4, 0.5) is 5.13 Å². The first-order valence-electron chi connectivity index (χ1n) is 10.0. The summed E-state index contributed by atoms with van der Waals surface area (Å²) >= 11 is 7.59. The zero-order chi connectivity index (χ0) is 22.1. The minimum atomic E-state index is -0.685. The average Bonchev–Trinajstić information content (AvgIpc) is 3.50. The molecule has 6 nitrogen and oxygen atoms in total. The highest BCUT2D eigenvalue weighted by Crippen LogP contribution is 2.31. The number of fused-ring (bicyclic) bond motifs is 1. The van der Waals surface area contributed by atoms with Crippen molar-refractivity contribution in [3.05, 3.63) is 94.2 Å². The third-order valence-electron chi connectivity index (χ3n) is 5.43. The van der Waals surface area contributed by atoms with Crippen LogP contribution < -0.4 is 5.32 Å². The van der Waals surface area contributed by atoms with Crippen LogP contribution in [0.5, 0.6) is 0 Å². The summed E-state index contributed by atoms with van der Waals surface area (Å²) in [5, 5.41) is 5.77. The second-order valence-corrected chi connectivity index (χ2v) is 8.67. The second-order valence-electron chi connectivity index (χ2n) is 7.41. The Morgan fingerprint density at radius 2 is 1.84 bits per heavy atom. The van der Waals surface area contributed by atoms with E-state index in [-0.39, 0.29) is 17.6 Å². The number of thiazole rings is 1. The van der Waals surface area contributed by atoms with Crippen molar-refractivity contribution in [1.29, 1.82) is 0 Å². The lowest BCUT2D eigenvalue weighted by atomic mass is 9.93. The minimum Gasteiger partial charge on any atom is -0.459 e. The fourth-order valence-corrected chi connectivity index (χ4v) is 4.77. The van der Waals surface area contributed by atoms with Crippen molar-refractivity contribution in [3.8, 4) is 11.3 Å². The van der Waals surface area contributed by atoms with Gasteiger partial charge >= 0.3 is 0 Å². The van der Waals surface area contributed by atoms with Gasteiger partial charge in [-0.3, -0.25) is 9.59 Å². The molecular weight excluding hydrogens is 446 g/mol. The Labute approximate surface area is 193 Å². The lowest BCUT2D eigenvalue weighted by Gasteiger charge is -2.35. The molecule has 5 rings (SSSR count). The number of nitrogens with zero attached hydrogens (tertiary/aromatic N) is 2. The van der Waals surface area contributed by atoms with Gasteiger partial charge in [0.25, 0.3) is 5.91 Å². The molecule has 4 aromatic rings. The van der Waals surface area contributed by atoms with Crippen LogP contribution in [-0.2, 0) is 17.8 Å². The Kier molecular flexibility index (Phi) is 5.51. The number of carbonyl (C=O) groups is 2. The van der Waals surface area contributed by atoms with E-state index in [4.69, 9.17) is 16.0 Å². The van der Waals surface area contributed by atoms with Crippen molar-refractivity contribution >= 4 is 39.9 Å². The van der Waals surface area contributed by atoms with Crippen molar-refractivity contribution < 1.29 is 14.0 Å². The number of anilines is 1. The summed E-state index contributed by atoms with van der Waals surface area (Å²) < 4.78 is 5.30. The number of nitrogens with one attached hydrogen (secondary N) is 1. The Hall–Kier alpha value is -3.42. The largest absolute Gasteiger partial charge is 0.459 e. The van der Waals surface area contributed by atoms with Gasteiger partial charge in [-0.05, 0) is 29.3 Å². The predicted octanol–water partition coefficient (Wildman–Crippen LogP) is 5.26. The average molecular weight is 464 g/mol. The maximum absolute atomic E-state index is 13.3. The Bertz CT molecular complexity index is 1290. The molecule has 8 heteroatoms. The first-order valence-corrected chi connectivity index (χ1v) is 11.3. The van der Waals surface area contributed by atoms with Gasteiger partial charge in [0.2, 0.25) is 5.91 Å². The third-order valence-corrected chi connectivity index (χ3v) is 6.52. The number of hydrogen-bond donors (Lipinski definition) is 1. The van der Waals surface area contributed by atoms with E-state index < -0.39 is 6.04 Å². The molecule has 1 aliphatic rings. The molecule has 2 amide bonds. The second kappa shape index (κ2) is 8.61. The Morgan fingerprint density at radius 1 is 1.06 bits per heavy atom. The van der Waals surface area contributed by atoms with Gasteiger partial charge in [0.15, 0.2) is 10.9 Å². The van der Waals surface area contributed by atoms with Crippen LogP contribution in [0.1, 0.15) is 21.7 Å².